The van der Waals surface area contributed by atoms with Crippen LogP contribution < -0.4 is 14.8 Å². The van der Waals surface area contributed by atoms with Gasteiger partial charge in [-0.2, -0.15) is 0 Å². The smallest absolute Gasteiger partial charge is 0.242 e. The molecule has 1 fully saturated rings. The third kappa shape index (κ3) is 7.91. The minimum Gasteiger partial charge on any atom is -0.497 e. The third-order valence-electron chi connectivity index (χ3n) is 6.79. The zero-order valence-electron chi connectivity index (χ0n) is 22.3. The molecule has 3 aromatic carbocycles. The van der Waals surface area contributed by atoms with Gasteiger partial charge in [0.25, 0.3) is 0 Å². The summed E-state index contributed by atoms with van der Waals surface area (Å²) in [5.74, 6) is 0.308. The largest absolute Gasteiger partial charge is 0.497 e. The van der Waals surface area contributed by atoms with Crippen LogP contribution in [0.5, 0.6) is 5.75 Å². The molecular weight excluding hydrogens is 514 g/mol. The number of methoxy groups -OCH3 is 1. The Labute approximate surface area is 230 Å². The predicted octanol–water partition coefficient (Wildman–Crippen LogP) is 3.45. The molecule has 0 heterocycles. The topological polar surface area (TPSA) is 105 Å². The van der Waals surface area contributed by atoms with Crippen molar-refractivity contribution in [3.63, 3.8) is 0 Å². The monoisotopic (exact) mass is 549 g/mol. The van der Waals surface area contributed by atoms with Gasteiger partial charge in [-0.25, -0.2) is 13.1 Å². The lowest BCUT2D eigenvalue weighted by Crippen LogP contribution is -2.49. The molecule has 1 saturated carbocycles. The van der Waals surface area contributed by atoms with Gasteiger partial charge in [0.2, 0.25) is 21.8 Å². The van der Waals surface area contributed by atoms with Crippen LogP contribution in [-0.4, -0.2) is 51.4 Å². The van der Waals surface area contributed by atoms with Gasteiger partial charge in [-0.3, -0.25) is 9.59 Å². The van der Waals surface area contributed by atoms with Crippen LogP contribution >= 0.6 is 0 Å². The zero-order valence-corrected chi connectivity index (χ0v) is 23.1. The van der Waals surface area contributed by atoms with Gasteiger partial charge in [-0.05, 0) is 60.2 Å². The van der Waals surface area contributed by atoms with E-state index in [0.717, 1.165) is 29.5 Å². The Bertz CT molecular complexity index is 1360. The first-order valence-corrected chi connectivity index (χ1v) is 14.6. The normalized spacial score (nSPS) is 13.9. The Morgan fingerprint density at radius 3 is 2.15 bits per heavy atom. The summed E-state index contributed by atoms with van der Waals surface area (Å²) in [6.45, 7) is 0.262. The highest BCUT2D eigenvalue weighted by atomic mass is 32.2. The quantitative estimate of drug-likeness (QED) is 0.340. The number of ether oxygens (including phenoxy) is 1. The fourth-order valence-corrected chi connectivity index (χ4v) is 5.67. The van der Waals surface area contributed by atoms with Crippen molar-refractivity contribution in [2.24, 2.45) is 0 Å². The summed E-state index contributed by atoms with van der Waals surface area (Å²) < 4.78 is 32.9. The van der Waals surface area contributed by atoms with Gasteiger partial charge in [0, 0.05) is 32.5 Å². The number of benzene rings is 3. The summed E-state index contributed by atoms with van der Waals surface area (Å²) in [5.41, 5.74) is 2.68. The van der Waals surface area contributed by atoms with Crippen molar-refractivity contribution in [3.8, 4) is 5.75 Å². The number of hydrogen-bond acceptors (Lipinski definition) is 5. The van der Waals surface area contributed by atoms with E-state index in [2.05, 4.69) is 10.0 Å². The summed E-state index contributed by atoms with van der Waals surface area (Å²) in [6, 6.07) is 23.0. The maximum atomic E-state index is 13.7. The molecule has 0 spiro atoms. The molecule has 1 aliphatic carbocycles. The fourth-order valence-electron chi connectivity index (χ4n) is 4.37. The van der Waals surface area contributed by atoms with Crippen molar-refractivity contribution >= 4 is 21.8 Å². The highest BCUT2D eigenvalue weighted by Gasteiger charge is 2.30. The Hall–Kier alpha value is -3.69. The second-order valence-electron chi connectivity index (χ2n) is 9.73. The second-order valence-corrected chi connectivity index (χ2v) is 11.4. The lowest BCUT2D eigenvalue weighted by atomic mass is 10.0. The van der Waals surface area contributed by atoms with Gasteiger partial charge in [-0.1, -0.05) is 54.6 Å². The van der Waals surface area contributed by atoms with Crippen LogP contribution in [0.2, 0.25) is 0 Å². The molecule has 8 nitrogen and oxygen atoms in total. The van der Waals surface area contributed by atoms with Gasteiger partial charge >= 0.3 is 0 Å². The summed E-state index contributed by atoms with van der Waals surface area (Å²) in [6.07, 6.45) is 2.70. The molecular formula is C30H35N3O5S. The highest BCUT2D eigenvalue weighted by Crippen LogP contribution is 2.23. The molecule has 1 aliphatic rings. The number of aryl methyl sites for hydroxylation is 1. The van der Waals surface area contributed by atoms with E-state index in [1.807, 2.05) is 54.6 Å². The third-order valence-corrected chi connectivity index (χ3v) is 8.33. The van der Waals surface area contributed by atoms with E-state index < -0.39 is 16.1 Å². The van der Waals surface area contributed by atoms with Gasteiger partial charge in [0.05, 0.1) is 12.0 Å². The number of carbonyl (C=O) groups is 2. The lowest BCUT2D eigenvalue weighted by molar-refractivity contribution is -0.141. The van der Waals surface area contributed by atoms with Crippen molar-refractivity contribution in [1.82, 2.24) is 14.9 Å². The zero-order chi connectivity index (χ0) is 27.8. The molecule has 39 heavy (non-hydrogen) atoms. The average Bonchev–Trinajstić information content (AvgIpc) is 3.77. The maximum Gasteiger partial charge on any atom is 0.242 e. The van der Waals surface area contributed by atoms with Gasteiger partial charge in [0.15, 0.2) is 0 Å². The van der Waals surface area contributed by atoms with E-state index in [1.54, 1.807) is 43.3 Å². The summed E-state index contributed by atoms with van der Waals surface area (Å²) >= 11 is 0. The highest BCUT2D eigenvalue weighted by molar-refractivity contribution is 7.89. The van der Waals surface area contributed by atoms with Crippen molar-refractivity contribution in [1.29, 1.82) is 0 Å². The average molecular weight is 550 g/mol. The van der Waals surface area contributed by atoms with Gasteiger partial charge < -0.3 is 15.0 Å². The van der Waals surface area contributed by atoms with Gasteiger partial charge in [-0.15, -0.1) is 0 Å². The number of nitrogens with zero attached hydrogens (tertiary/aromatic N) is 1. The Balaban J connectivity index is 1.51. The first-order valence-electron chi connectivity index (χ1n) is 13.1. The molecule has 0 radical (unpaired) electrons. The second kappa shape index (κ2) is 12.9. The van der Waals surface area contributed by atoms with Crippen molar-refractivity contribution in [2.45, 2.75) is 55.6 Å². The van der Waals surface area contributed by atoms with Crippen LogP contribution in [0.4, 0.5) is 0 Å². The number of amides is 2. The van der Waals surface area contributed by atoms with Crippen LogP contribution in [-0.2, 0) is 39.0 Å². The Morgan fingerprint density at radius 2 is 1.56 bits per heavy atom. The molecule has 0 saturated heterocycles. The molecule has 0 aliphatic heterocycles. The van der Waals surface area contributed by atoms with Crippen molar-refractivity contribution in [2.75, 3.05) is 14.2 Å². The number of carbonyl (C=O) groups excluding carboxylic acids is 2. The molecule has 1 atom stereocenters. The Morgan fingerprint density at radius 1 is 0.923 bits per heavy atom. The van der Waals surface area contributed by atoms with Crippen molar-refractivity contribution in [3.05, 3.63) is 95.6 Å². The maximum absolute atomic E-state index is 13.7. The summed E-state index contributed by atoms with van der Waals surface area (Å²) in [7, 11) is -0.362. The molecule has 3 aromatic rings. The Kier molecular flexibility index (Phi) is 9.37. The van der Waals surface area contributed by atoms with Crippen LogP contribution in [0.15, 0.2) is 83.8 Å². The first-order chi connectivity index (χ1) is 18.8. The molecule has 9 heteroatoms. The van der Waals surface area contributed by atoms with Crippen molar-refractivity contribution < 1.29 is 22.7 Å². The van der Waals surface area contributed by atoms with E-state index in [-0.39, 0.29) is 35.7 Å². The first kappa shape index (κ1) is 28.3. The van der Waals surface area contributed by atoms with E-state index in [0.29, 0.717) is 18.6 Å². The molecule has 2 amide bonds. The molecule has 4 rings (SSSR count). The SMILES string of the molecule is CNC(=O)[C@H](Cc1ccccc1)N(Cc1ccc(OC)cc1)C(=O)CCc1ccc(S(=O)(=O)NC2CC2)cc1. The van der Waals surface area contributed by atoms with Crippen LogP contribution in [0.3, 0.4) is 0 Å². The molecule has 2 N–H and O–H groups in total. The van der Waals surface area contributed by atoms with E-state index in [1.165, 1.54) is 0 Å². The molecule has 0 bridgehead atoms. The van der Waals surface area contributed by atoms with E-state index in [4.69, 9.17) is 4.74 Å². The lowest BCUT2D eigenvalue weighted by Gasteiger charge is -2.31. The summed E-state index contributed by atoms with van der Waals surface area (Å²) in [4.78, 5) is 28.6. The van der Waals surface area contributed by atoms with Crippen LogP contribution in [0.1, 0.15) is 36.0 Å². The number of hydrogen-bond donors (Lipinski definition) is 2. The van der Waals surface area contributed by atoms with Crippen LogP contribution in [0.25, 0.3) is 0 Å². The minimum absolute atomic E-state index is 0.0353. The van der Waals surface area contributed by atoms with Gasteiger partial charge in [0.1, 0.15) is 11.8 Å². The standard InChI is InChI=1S/C30H35N3O5S/c1-31-30(35)28(20-23-6-4-3-5-7-23)33(21-24-8-15-26(38-2)16-9-24)29(34)19-12-22-10-17-27(18-11-22)39(36,37)32-25-13-14-25/h3-11,15-18,25,28,32H,12-14,19-21H2,1-2H3,(H,31,35)/t28-/m0/s1. The fraction of sp³-hybridized carbons (Fsp3) is 0.333. The molecule has 0 unspecified atom stereocenters. The summed E-state index contributed by atoms with van der Waals surface area (Å²) in [5, 5.41) is 2.72. The predicted molar refractivity (Wildman–Crippen MR) is 150 cm³/mol. The number of likely N-dealkylation sites (N-methyl/N-ethyl adjacent to an activating group) is 1. The van der Waals surface area contributed by atoms with Crippen LogP contribution in [0, 0.1) is 0 Å². The molecule has 0 aromatic heterocycles. The van der Waals surface area contributed by atoms with E-state index >= 15 is 0 Å². The number of sulfonamides is 1. The number of rotatable bonds is 13. The van der Waals surface area contributed by atoms with E-state index in [9.17, 15) is 18.0 Å². The number of nitrogens with one attached hydrogen (secondary N) is 2. The minimum atomic E-state index is -3.53. The molecule has 206 valence electrons.